The van der Waals surface area contributed by atoms with E-state index in [1.165, 1.54) is 0 Å². The predicted molar refractivity (Wildman–Crippen MR) is 144 cm³/mol. The van der Waals surface area contributed by atoms with Gasteiger partial charge in [0.25, 0.3) is 0 Å². The maximum Gasteiger partial charge on any atom is 0.134 e. The first-order valence-electron chi connectivity index (χ1n) is 10.4. The maximum atomic E-state index is 6.68. The molecule has 7 heteroatoms. The number of hydrogen-bond acceptors (Lipinski definition) is 3. The normalized spacial score (nSPS) is 19.0. The molecule has 33 heavy (non-hydrogen) atoms. The monoisotopic (exact) mass is 532 g/mol. The summed E-state index contributed by atoms with van der Waals surface area (Å²) in [5.41, 5.74) is 6.70. The molecule has 1 N–H and O–H groups in total. The number of rotatable bonds is 5. The molecule has 0 amide bonds. The van der Waals surface area contributed by atoms with Crippen molar-refractivity contribution in [1.82, 2.24) is 4.98 Å². The molecule has 2 atom stereocenters. The van der Waals surface area contributed by atoms with E-state index >= 15 is 0 Å². The van der Waals surface area contributed by atoms with E-state index in [0.717, 1.165) is 48.9 Å². The molecule has 2 unspecified atom stereocenters. The molecule has 0 aliphatic heterocycles. The number of para-hydroxylation sites is 1. The van der Waals surface area contributed by atoms with E-state index in [2.05, 4.69) is 37.0 Å². The average molecular weight is 534 g/mol. The molecule has 168 valence electrons. The van der Waals surface area contributed by atoms with Gasteiger partial charge in [0.2, 0.25) is 0 Å². The fraction of sp³-hybridized carbons (Fsp3) is 0.192. The Hall–Kier alpha value is -1.75. The van der Waals surface area contributed by atoms with Crippen LogP contribution in [0, 0.1) is 19.8 Å². The Kier molecular flexibility index (Phi) is 5.91. The second-order valence-electron chi connectivity index (χ2n) is 8.48. The molecule has 0 bridgehead atoms. The zero-order valence-corrected chi connectivity index (χ0v) is 21.8. The van der Waals surface area contributed by atoms with Crippen molar-refractivity contribution in [3.8, 4) is 10.6 Å². The molecule has 1 aliphatic carbocycles. The van der Waals surface area contributed by atoms with Crippen molar-refractivity contribution in [2.24, 2.45) is 5.92 Å². The average Bonchev–Trinajstić information content (AvgIpc) is 3.09. The Balaban J connectivity index is 1.42. The fourth-order valence-corrected chi connectivity index (χ4v) is 6.88. The summed E-state index contributed by atoms with van der Waals surface area (Å²) in [6, 6.07) is 17.9. The zero-order chi connectivity index (χ0) is 23.5. The van der Waals surface area contributed by atoms with Gasteiger partial charge in [0.15, 0.2) is 0 Å². The summed E-state index contributed by atoms with van der Waals surface area (Å²) in [7, 11) is 0. The molecule has 2 nitrogen and oxygen atoms in total. The standard InChI is InChI=1S/C26H20Cl4N2S/c1-13-9-16(11-17(27)10-13)23-22(26(23,29)30)15(3)31-18-7-8-20(28)19(12-18)25-32-24-14(2)5-4-6-21(24)33-25/h4-12,22-23,31H,3H2,1-2H3. The van der Waals surface area contributed by atoms with Crippen LogP contribution in [0.3, 0.4) is 0 Å². The van der Waals surface area contributed by atoms with E-state index in [1.807, 2.05) is 43.3 Å². The van der Waals surface area contributed by atoms with Gasteiger partial charge in [0.1, 0.15) is 9.34 Å². The molecule has 0 radical (unpaired) electrons. The van der Waals surface area contributed by atoms with Crippen molar-refractivity contribution in [2.75, 3.05) is 5.32 Å². The van der Waals surface area contributed by atoms with Crippen LogP contribution in [0.4, 0.5) is 5.69 Å². The molecule has 3 aromatic carbocycles. The van der Waals surface area contributed by atoms with Crippen molar-refractivity contribution in [2.45, 2.75) is 24.1 Å². The molecule has 0 saturated heterocycles. The highest BCUT2D eigenvalue weighted by molar-refractivity contribution is 7.21. The van der Waals surface area contributed by atoms with E-state index in [-0.39, 0.29) is 11.8 Å². The number of hydrogen-bond donors (Lipinski definition) is 1. The molecule has 4 aromatic rings. The largest absolute Gasteiger partial charge is 0.359 e. The Morgan fingerprint density at radius 3 is 2.58 bits per heavy atom. The fourth-order valence-electron chi connectivity index (χ4n) is 4.35. The van der Waals surface area contributed by atoms with Gasteiger partial charge in [-0.15, -0.1) is 34.5 Å². The summed E-state index contributed by atoms with van der Waals surface area (Å²) in [6.45, 7) is 8.31. The molecule has 1 saturated carbocycles. The summed E-state index contributed by atoms with van der Waals surface area (Å²) < 4.78 is 0.191. The highest BCUT2D eigenvalue weighted by Gasteiger charge is 2.65. The van der Waals surface area contributed by atoms with Gasteiger partial charge < -0.3 is 5.32 Å². The molecular formula is C26H20Cl4N2S. The molecule has 0 spiro atoms. The first-order valence-corrected chi connectivity index (χ1v) is 12.7. The lowest BCUT2D eigenvalue weighted by molar-refractivity contribution is 0.946. The van der Waals surface area contributed by atoms with E-state index in [0.29, 0.717) is 10.0 Å². The predicted octanol–water partition coefficient (Wildman–Crippen LogP) is 9.40. The number of alkyl halides is 2. The molecular weight excluding hydrogens is 514 g/mol. The van der Waals surface area contributed by atoms with Crippen molar-refractivity contribution >= 4 is 73.6 Å². The van der Waals surface area contributed by atoms with Crippen LogP contribution in [0.25, 0.3) is 20.8 Å². The van der Waals surface area contributed by atoms with Crippen LogP contribution in [-0.4, -0.2) is 9.32 Å². The molecule has 1 fully saturated rings. The zero-order valence-electron chi connectivity index (χ0n) is 17.9. The van der Waals surface area contributed by atoms with Crippen LogP contribution >= 0.6 is 57.7 Å². The number of nitrogens with zero attached hydrogens (tertiary/aromatic N) is 1. The second-order valence-corrected chi connectivity index (χ2v) is 11.8. The van der Waals surface area contributed by atoms with E-state index in [9.17, 15) is 0 Å². The first-order chi connectivity index (χ1) is 15.6. The first kappa shape index (κ1) is 23.0. The topological polar surface area (TPSA) is 24.9 Å². The smallest absolute Gasteiger partial charge is 0.134 e. The van der Waals surface area contributed by atoms with Gasteiger partial charge in [0.05, 0.1) is 15.2 Å². The number of aryl methyl sites for hydroxylation is 2. The lowest BCUT2D eigenvalue weighted by Gasteiger charge is -2.12. The van der Waals surface area contributed by atoms with Crippen LogP contribution in [-0.2, 0) is 0 Å². The van der Waals surface area contributed by atoms with Crippen LogP contribution in [0.2, 0.25) is 10.0 Å². The van der Waals surface area contributed by atoms with Crippen LogP contribution in [0.5, 0.6) is 0 Å². The number of anilines is 1. The van der Waals surface area contributed by atoms with E-state index in [1.54, 1.807) is 11.3 Å². The summed E-state index contributed by atoms with van der Waals surface area (Å²) in [6.07, 6.45) is 0. The van der Waals surface area contributed by atoms with Crippen molar-refractivity contribution < 1.29 is 0 Å². The summed E-state index contributed by atoms with van der Waals surface area (Å²) in [4.78, 5) is 4.83. The van der Waals surface area contributed by atoms with Crippen molar-refractivity contribution in [3.63, 3.8) is 0 Å². The minimum atomic E-state index is -0.943. The number of benzene rings is 3. The number of allylic oxidation sites excluding steroid dienone is 1. The molecule has 1 aliphatic rings. The van der Waals surface area contributed by atoms with Gasteiger partial charge in [-0.1, -0.05) is 48.0 Å². The SMILES string of the molecule is C=C(Nc1ccc(Cl)c(-c2nc3c(C)cccc3s2)c1)C1C(c2cc(C)cc(Cl)c2)C1(Cl)Cl. The second kappa shape index (κ2) is 8.48. The third kappa shape index (κ3) is 4.26. The summed E-state index contributed by atoms with van der Waals surface area (Å²) in [5.74, 6) is -0.236. The lowest BCUT2D eigenvalue weighted by atomic mass is 10.1. The Bertz CT molecular complexity index is 1390. The van der Waals surface area contributed by atoms with Gasteiger partial charge in [-0.2, -0.15) is 0 Å². The third-order valence-electron chi connectivity index (χ3n) is 5.97. The third-order valence-corrected chi connectivity index (χ3v) is 8.52. The lowest BCUT2D eigenvalue weighted by Crippen LogP contribution is -2.04. The minimum Gasteiger partial charge on any atom is -0.359 e. The number of aromatic nitrogens is 1. The highest BCUT2D eigenvalue weighted by atomic mass is 35.5. The van der Waals surface area contributed by atoms with Gasteiger partial charge in [0, 0.05) is 33.8 Å². The van der Waals surface area contributed by atoms with Gasteiger partial charge in [-0.05, 0) is 66.9 Å². The summed E-state index contributed by atoms with van der Waals surface area (Å²) in [5, 5.41) is 5.59. The molecule has 1 aromatic heterocycles. The Morgan fingerprint density at radius 2 is 1.85 bits per heavy atom. The highest BCUT2D eigenvalue weighted by Crippen LogP contribution is 2.67. The van der Waals surface area contributed by atoms with Gasteiger partial charge >= 0.3 is 0 Å². The quantitative estimate of drug-likeness (QED) is 0.258. The number of nitrogens with one attached hydrogen (secondary N) is 1. The number of halogens is 4. The van der Waals surface area contributed by atoms with Crippen LogP contribution < -0.4 is 5.32 Å². The summed E-state index contributed by atoms with van der Waals surface area (Å²) >= 11 is 27.8. The van der Waals surface area contributed by atoms with Gasteiger partial charge in [-0.25, -0.2) is 4.98 Å². The van der Waals surface area contributed by atoms with E-state index in [4.69, 9.17) is 51.4 Å². The van der Waals surface area contributed by atoms with Crippen LogP contribution in [0.1, 0.15) is 22.6 Å². The van der Waals surface area contributed by atoms with Crippen LogP contribution in [0.15, 0.2) is 66.9 Å². The number of fused-ring (bicyclic) bond motifs is 1. The van der Waals surface area contributed by atoms with Crippen molar-refractivity contribution in [3.05, 3.63) is 93.6 Å². The minimum absolute atomic E-state index is 0.0859. The molecule has 1 heterocycles. The van der Waals surface area contributed by atoms with Gasteiger partial charge in [-0.3, -0.25) is 0 Å². The number of thiazole rings is 1. The maximum absolute atomic E-state index is 6.68. The Morgan fingerprint density at radius 1 is 1.06 bits per heavy atom. The van der Waals surface area contributed by atoms with Crippen molar-refractivity contribution in [1.29, 1.82) is 0 Å². The molecule has 5 rings (SSSR count). The van der Waals surface area contributed by atoms with E-state index < -0.39 is 4.33 Å². The Labute approximate surface area is 217 Å².